The van der Waals surface area contributed by atoms with Crippen molar-refractivity contribution in [3.8, 4) is 0 Å². The van der Waals surface area contributed by atoms with Gasteiger partial charge in [0.25, 0.3) is 5.91 Å². The van der Waals surface area contributed by atoms with Crippen LogP contribution in [-0.4, -0.2) is 26.2 Å². The Hall–Kier alpha value is -2.44. The van der Waals surface area contributed by atoms with Crippen molar-refractivity contribution in [2.45, 2.75) is 20.4 Å². The number of aromatic nitrogens is 1. The van der Waals surface area contributed by atoms with E-state index >= 15 is 0 Å². The maximum atomic E-state index is 13.6. The molecule has 0 atom stereocenters. The molecule has 29 heavy (non-hydrogen) atoms. The maximum Gasteiger partial charge on any atom is 0.266 e. The molecule has 1 aromatic heterocycles. The Labute approximate surface area is 179 Å². The summed E-state index contributed by atoms with van der Waals surface area (Å²) in [5, 5.41) is 1.05. The SMILES string of the molecule is CC(C)CN1C(=O)C(=Cc2cn(Cc3cccc(F)c3)c3ccccc23)SC1=S. The number of carbonyl (C=O) groups excluding carboxylic acids is 1. The molecule has 1 aliphatic heterocycles. The third kappa shape index (κ3) is 4.14. The van der Waals surface area contributed by atoms with Crippen LogP contribution in [0, 0.1) is 11.7 Å². The topological polar surface area (TPSA) is 25.2 Å². The second kappa shape index (κ2) is 8.13. The lowest BCUT2D eigenvalue weighted by Crippen LogP contribution is -2.31. The van der Waals surface area contributed by atoms with Crippen LogP contribution in [0.25, 0.3) is 17.0 Å². The van der Waals surface area contributed by atoms with E-state index in [1.165, 1.54) is 17.8 Å². The highest BCUT2D eigenvalue weighted by atomic mass is 32.2. The number of hydrogen-bond acceptors (Lipinski definition) is 3. The highest BCUT2D eigenvalue weighted by Gasteiger charge is 2.32. The largest absolute Gasteiger partial charge is 0.342 e. The molecule has 0 unspecified atom stereocenters. The number of thiocarbonyl (C=S) groups is 1. The molecule has 3 nitrogen and oxygen atoms in total. The van der Waals surface area contributed by atoms with Crippen molar-refractivity contribution >= 4 is 51.2 Å². The van der Waals surface area contributed by atoms with Crippen LogP contribution in [0.15, 0.2) is 59.6 Å². The van der Waals surface area contributed by atoms with Gasteiger partial charge in [-0.05, 0) is 35.8 Å². The molecule has 0 radical (unpaired) electrons. The lowest BCUT2D eigenvalue weighted by atomic mass is 10.1. The van der Waals surface area contributed by atoms with E-state index in [0.717, 1.165) is 22.0 Å². The Balaban J connectivity index is 1.71. The van der Waals surface area contributed by atoms with E-state index in [1.807, 2.05) is 42.6 Å². The van der Waals surface area contributed by atoms with E-state index in [2.05, 4.69) is 18.4 Å². The molecule has 0 aliphatic carbocycles. The van der Waals surface area contributed by atoms with Crippen LogP contribution in [0.3, 0.4) is 0 Å². The third-order valence-corrected chi connectivity index (χ3v) is 6.15. The van der Waals surface area contributed by atoms with Gasteiger partial charge in [-0.25, -0.2) is 4.39 Å². The van der Waals surface area contributed by atoms with E-state index < -0.39 is 0 Å². The number of fused-ring (bicyclic) bond motifs is 1. The lowest BCUT2D eigenvalue weighted by molar-refractivity contribution is -0.122. The number of para-hydroxylation sites is 1. The number of benzene rings is 2. The van der Waals surface area contributed by atoms with Crippen molar-refractivity contribution < 1.29 is 9.18 Å². The summed E-state index contributed by atoms with van der Waals surface area (Å²) in [5.41, 5.74) is 2.89. The molecule has 0 bridgehead atoms. The summed E-state index contributed by atoms with van der Waals surface area (Å²) in [6.07, 6.45) is 3.94. The van der Waals surface area contributed by atoms with Crippen molar-refractivity contribution in [2.75, 3.05) is 6.54 Å². The Kier molecular flexibility index (Phi) is 5.56. The van der Waals surface area contributed by atoms with E-state index in [9.17, 15) is 9.18 Å². The number of carbonyl (C=O) groups is 1. The summed E-state index contributed by atoms with van der Waals surface area (Å²) in [7, 11) is 0. The lowest BCUT2D eigenvalue weighted by Gasteiger charge is -2.16. The van der Waals surface area contributed by atoms with E-state index in [1.54, 1.807) is 17.0 Å². The predicted molar refractivity (Wildman–Crippen MR) is 122 cm³/mol. The first kappa shape index (κ1) is 19.9. The first-order valence-electron chi connectivity index (χ1n) is 9.50. The van der Waals surface area contributed by atoms with Gasteiger partial charge in [0, 0.05) is 35.8 Å². The molecule has 148 valence electrons. The Morgan fingerprint density at radius 3 is 2.72 bits per heavy atom. The molecule has 1 amide bonds. The van der Waals surface area contributed by atoms with Crippen LogP contribution in [0.4, 0.5) is 4.39 Å². The molecular formula is C23H21FN2OS2. The summed E-state index contributed by atoms with van der Waals surface area (Å²) in [4.78, 5) is 15.2. The molecule has 6 heteroatoms. The summed E-state index contributed by atoms with van der Waals surface area (Å²) in [5.74, 6) is 0.0775. The molecule has 1 aliphatic rings. The average molecular weight is 425 g/mol. The molecule has 3 aromatic rings. The van der Waals surface area contributed by atoms with E-state index in [4.69, 9.17) is 12.2 Å². The zero-order valence-electron chi connectivity index (χ0n) is 16.3. The maximum absolute atomic E-state index is 13.6. The Morgan fingerprint density at radius 2 is 1.97 bits per heavy atom. The number of halogens is 1. The average Bonchev–Trinajstić information content (AvgIpc) is 3.14. The van der Waals surface area contributed by atoms with Gasteiger partial charge in [-0.2, -0.15) is 0 Å². The third-order valence-electron chi connectivity index (χ3n) is 4.77. The molecular weight excluding hydrogens is 403 g/mol. The number of thioether (sulfide) groups is 1. The molecule has 0 spiro atoms. The zero-order chi connectivity index (χ0) is 20.5. The van der Waals surface area contributed by atoms with E-state index in [-0.39, 0.29) is 11.7 Å². The number of rotatable bonds is 5. The molecule has 4 rings (SSSR count). The van der Waals surface area contributed by atoms with Crippen molar-refractivity contribution in [2.24, 2.45) is 5.92 Å². The molecule has 1 fully saturated rings. The molecule has 2 heterocycles. The molecule has 1 saturated heterocycles. The number of amides is 1. The highest BCUT2D eigenvalue weighted by molar-refractivity contribution is 8.26. The van der Waals surface area contributed by atoms with Gasteiger partial charge in [0.2, 0.25) is 0 Å². The minimum absolute atomic E-state index is 0.0318. The van der Waals surface area contributed by atoms with Crippen molar-refractivity contribution in [3.05, 3.63) is 76.6 Å². The fourth-order valence-corrected chi connectivity index (χ4v) is 4.78. The van der Waals surface area contributed by atoms with Gasteiger partial charge in [0.05, 0.1) is 4.91 Å². The standard InChI is InChI=1S/C23H21FN2OS2/c1-15(2)12-26-22(27)21(29-23(26)28)11-17-14-25(20-9-4-3-8-19(17)20)13-16-6-5-7-18(24)10-16/h3-11,14-15H,12-13H2,1-2H3. The van der Waals surface area contributed by atoms with Crippen molar-refractivity contribution in [3.63, 3.8) is 0 Å². The summed E-state index contributed by atoms with van der Waals surface area (Å²) in [6.45, 7) is 5.33. The minimum Gasteiger partial charge on any atom is -0.342 e. The molecule has 0 saturated carbocycles. The van der Waals surface area contributed by atoms with E-state index in [0.29, 0.717) is 28.2 Å². The zero-order valence-corrected chi connectivity index (χ0v) is 17.9. The fourth-order valence-electron chi connectivity index (χ4n) is 3.52. The van der Waals surface area contributed by atoms with Gasteiger partial charge in [0.15, 0.2) is 0 Å². The smallest absolute Gasteiger partial charge is 0.266 e. The highest BCUT2D eigenvalue weighted by Crippen LogP contribution is 2.35. The van der Waals surface area contributed by atoms with Crippen LogP contribution in [0.2, 0.25) is 0 Å². The van der Waals surface area contributed by atoms with Gasteiger partial charge >= 0.3 is 0 Å². The monoisotopic (exact) mass is 424 g/mol. The summed E-state index contributed by atoms with van der Waals surface area (Å²) in [6, 6.07) is 14.7. The van der Waals surface area contributed by atoms with Crippen molar-refractivity contribution in [1.82, 2.24) is 9.47 Å². The second-order valence-corrected chi connectivity index (χ2v) is 9.22. The van der Waals surface area contributed by atoms with Crippen LogP contribution in [0.1, 0.15) is 25.0 Å². The van der Waals surface area contributed by atoms with Gasteiger partial charge in [-0.15, -0.1) is 0 Å². The van der Waals surface area contributed by atoms with Gasteiger partial charge < -0.3 is 4.57 Å². The van der Waals surface area contributed by atoms with Gasteiger partial charge in [-0.3, -0.25) is 9.69 Å². The first-order chi connectivity index (χ1) is 13.9. The second-order valence-electron chi connectivity index (χ2n) is 7.55. The number of nitrogens with zero attached hydrogens (tertiary/aromatic N) is 2. The molecule has 2 aromatic carbocycles. The normalized spacial score (nSPS) is 16.0. The van der Waals surface area contributed by atoms with Gasteiger partial charge in [-0.1, -0.05) is 68.2 Å². The first-order valence-corrected chi connectivity index (χ1v) is 10.7. The quantitative estimate of drug-likeness (QED) is 0.389. The van der Waals surface area contributed by atoms with Crippen LogP contribution >= 0.6 is 24.0 Å². The summed E-state index contributed by atoms with van der Waals surface area (Å²) >= 11 is 6.77. The Bertz CT molecular complexity index is 1130. The fraction of sp³-hybridized carbons (Fsp3) is 0.217. The van der Waals surface area contributed by atoms with Crippen LogP contribution in [-0.2, 0) is 11.3 Å². The Morgan fingerprint density at radius 1 is 1.17 bits per heavy atom. The van der Waals surface area contributed by atoms with Crippen LogP contribution < -0.4 is 0 Å². The minimum atomic E-state index is -0.243. The summed E-state index contributed by atoms with van der Waals surface area (Å²) < 4.78 is 16.3. The molecule has 0 N–H and O–H groups in total. The number of hydrogen-bond donors (Lipinski definition) is 0. The van der Waals surface area contributed by atoms with Crippen LogP contribution in [0.5, 0.6) is 0 Å². The predicted octanol–water partition coefficient (Wildman–Crippen LogP) is 5.69. The van der Waals surface area contributed by atoms with Gasteiger partial charge in [0.1, 0.15) is 10.1 Å². The van der Waals surface area contributed by atoms with Crippen molar-refractivity contribution in [1.29, 1.82) is 0 Å².